The quantitative estimate of drug-likeness (QED) is 0.896. The summed E-state index contributed by atoms with van der Waals surface area (Å²) in [6.07, 6.45) is -2.38. The van der Waals surface area contributed by atoms with Gasteiger partial charge in [0.1, 0.15) is 0 Å². The Bertz CT molecular complexity index is 622. The summed E-state index contributed by atoms with van der Waals surface area (Å²) in [7, 11) is 0. The zero-order valence-electron chi connectivity index (χ0n) is 11.4. The summed E-state index contributed by atoms with van der Waals surface area (Å²) in [6.45, 7) is 2.58. The van der Waals surface area contributed by atoms with E-state index in [1.807, 2.05) is 6.92 Å². The molecule has 0 fully saturated rings. The molecule has 2 rings (SSSR count). The fraction of sp³-hybridized carbons (Fsp3) is 0.357. The van der Waals surface area contributed by atoms with Gasteiger partial charge in [0, 0.05) is 6.54 Å². The first-order chi connectivity index (χ1) is 9.82. The van der Waals surface area contributed by atoms with E-state index in [4.69, 9.17) is 5.73 Å². The van der Waals surface area contributed by atoms with Gasteiger partial charge in [0.2, 0.25) is 0 Å². The van der Waals surface area contributed by atoms with Gasteiger partial charge in [-0.15, -0.1) is 0 Å². The summed E-state index contributed by atoms with van der Waals surface area (Å²) in [4.78, 5) is 0. The zero-order valence-corrected chi connectivity index (χ0v) is 12.9. The predicted octanol–water partition coefficient (Wildman–Crippen LogP) is 3.93. The second-order valence-corrected chi connectivity index (χ2v) is 5.56. The fourth-order valence-corrected chi connectivity index (χ4v) is 2.81. The van der Waals surface area contributed by atoms with Crippen molar-refractivity contribution in [3.63, 3.8) is 0 Å². The van der Waals surface area contributed by atoms with Crippen LogP contribution in [0.1, 0.15) is 29.8 Å². The molecule has 1 atom stereocenters. The highest BCUT2D eigenvalue weighted by Crippen LogP contribution is 2.31. The summed E-state index contributed by atoms with van der Waals surface area (Å²) < 4.78 is 40.6. The molecule has 0 saturated heterocycles. The summed E-state index contributed by atoms with van der Waals surface area (Å²) in [5.74, 6) is 0. The van der Waals surface area contributed by atoms with Gasteiger partial charge in [-0.3, -0.25) is 4.68 Å². The van der Waals surface area contributed by atoms with Crippen molar-refractivity contribution in [1.29, 1.82) is 0 Å². The van der Waals surface area contributed by atoms with Gasteiger partial charge in [0.05, 0.1) is 28.0 Å². The van der Waals surface area contributed by atoms with E-state index < -0.39 is 17.8 Å². The highest BCUT2D eigenvalue weighted by atomic mass is 79.9. The topological polar surface area (TPSA) is 43.8 Å². The second-order valence-electron chi connectivity index (χ2n) is 4.70. The molecule has 1 unspecified atom stereocenters. The van der Waals surface area contributed by atoms with E-state index in [1.54, 1.807) is 16.9 Å². The predicted molar refractivity (Wildman–Crippen MR) is 77.7 cm³/mol. The first kappa shape index (κ1) is 16.0. The molecule has 3 nitrogen and oxygen atoms in total. The van der Waals surface area contributed by atoms with E-state index in [-0.39, 0.29) is 0 Å². The molecule has 0 spiro atoms. The van der Waals surface area contributed by atoms with Crippen LogP contribution < -0.4 is 5.73 Å². The van der Waals surface area contributed by atoms with Crippen LogP contribution in [0.15, 0.2) is 34.9 Å². The molecule has 7 heteroatoms. The van der Waals surface area contributed by atoms with Gasteiger partial charge in [0.15, 0.2) is 0 Å². The normalized spacial score (nSPS) is 13.4. The Hall–Kier alpha value is -1.34. The lowest BCUT2D eigenvalue weighted by atomic mass is 10.0. The van der Waals surface area contributed by atoms with Crippen molar-refractivity contribution in [2.24, 2.45) is 5.73 Å². The van der Waals surface area contributed by atoms with Crippen LogP contribution in [0.2, 0.25) is 0 Å². The maximum absolute atomic E-state index is 12.7. The molecule has 1 heterocycles. The molecule has 2 N–H and O–H groups in total. The van der Waals surface area contributed by atoms with Crippen molar-refractivity contribution in [1.82, 2.24) is 9.78 Å². The third-order valence-corrected chi connectivity index (χ3v) is 3.80. The Morgan fingerprint density at radius 2 is 2.10 bits per heavy atom. The average Bonchev–Trinajstić information content (AvgIpc) is 2.79. The first-order valence-corrected chi connectivity index (χ1v) is 7.25. The lowest BCUT2D eigenvalue weighted by Gasteiger charge is -2.15. The lowest BCUT2D eigenvalue weighted by molar-refractivity contribution is -0.137. The number of benzene rings is 1. The van der Waals surface area contributed by atoms with E-state index in [9.17, 15) is 13.2 Å². The van der Waals surface area contributed by atoms with E-state index in [0.29, 0.717) is 18.5 Å². The molecule has 1 aromatic heterocycles. The van der Waals surface area contributed by atoms with Gasteiger partial charge < -0.3 is 5.73 Å². The molecule has 2 aromatic rings. The van der Waals surface area contributed by atoms with Crippen molar-refractivity contribution in [3.8, 4) is 0 Å². The van der Waals surface area contributed by atoms with Crippen molar-refractivity contribution in [3.05, 3.63) is 51.8 Å². The van der Waals surface area contributed by atoms with Crippen molar-refractivity contribution in [2.45, 2.75) is 32.1 Å². The molecular weight excluding hydrogens is 347 g/mol. The SMILES string of the molecule is CCn1ncc(Br)c1C(N)Cc1cccc(C(F)(F)F)c1. The Labute approximate surface area is 129 Å². The Balaban J connectivity index is 2.24. The van der Waals surface area contributed by atoms with Crippen LogP contribution in [-0.4, -0.2) is 9.78 Å². The highest BCUT2D eigenvalue weighted by Gasteiger charge is 2.30. The number of aromatic nitrogens is 2. The van der Waals surface area contributed by atoms with Crippen LogP contribution in [0.3, 0.4) is 0 Å². The van der Waals surface area contributed by atoms with Gasteiger partial charge >= 0.3 is 6.18 Å². The summed E-state index contributed by atoms with van der Waals surface area (Å²) in [5.41, 5.74) is 6.81. The third kappa shape index (κ3) is 3.65. The summed E-state index contributed by atoms with van der Waals surface area (Å²) in [6, 6.07) is 4.82. The minimum absolute atomic E-state index is 0.314. The van der Waals surface area contributed by atoms with E-state index >= 15 is 0 Å². The van der Waals surface area contributed by atoms with Crippen LogP contribution in [0.5, 0.6) is 0 Å². The number of hydrogen-bond acceptors (Lipinski definition) is 2. The molecule has 21 heavy (non-hydrogen) atoms. The molecule has 0 amide bonds. The lowest BCUT2D eigenvalue weighted by Crippen LogP contribution is -2.19. The molecule has 114 valence electrons. The Morgan fingerprint density at radius 1 is 1.38 bits per heavy atom. The standard InChI is InChI=1S/C14H15BrF3N3/c1-2-21-13(11(15)8-20-21)12(19)7-9-4-3-5-10(6-9)14(16,17)18/h3-6,8,12H,2,7,19H2,1H3. The van der Waals surface area contributed by atoms with Crippen molar-refractivity contribution in [2.75, 3.05) is 0 Å². The van der Waals surface area contributed by atoms with E-state index in [2.05, 4.69) is 21.0 Å². The molecule has 0 saturated carbocycles. The number of nitrogens with zero attached hydrogens (tertiary/aromatic N) is 2. The van der Waals surface area contributed by atoms with Crippen LogP contribution >= 0.6 is 15.9 Å². The Kier molecular flexibility index (Phi) is 4.73. The van der Waals surface area contributed by atoms with Gasteiger partial charge in [-0.05, 0) is 40.9 Å². The molecular formula is C14H15BrF3N3. The van der Waals surface area contributed by atoms with Gasteiger partial charge in [-0.1, -0.05) is 18.2 Å². The number of rotatable bonds is 4. The second kappa shape index (κ2) is 6.19. The largest absolute Gasteiger partial charge is 0.416 e. The molecule has 0 aliphatic carbocycles. The Morgan fingerprint density at radius 3 is 2.71 bits per heavy atom. The maximum atomic E-state index is 12.7. The number of aryl methyl sites for hydroxylation is 1. The van der Waals surface area contributed by atoms with Crippen molar-refractivity contribution < 1.29 is 13.2 Å². The number of hydrogen-bond donors (Lipinski definition) is 1. The van der Waals surface area contributed by atoms with Crippen LogP contribution in [0.25, 0.3) is 0 Å². The summed E-state index contributed by atoms with van der Waals surface area (Å²) in [5, 5.41) is 4.16. The number of alkyl halides is 3. The van der Waals surface area contributed by atoms with Gasteiger partial charge in [-0.2, -0.15) is 18.3 Å². The van der Waals surface area contributed by atoms with Crippen LogP contribution in [0.4, 0.5) is 13.2 Å². The number of nitrogens with two attached hydrogens (primary N) is 1. The summed E-state index contributed by atoms with van der Waals surface area (Å²) >= 11 is 3.37. The monoisotopic (exact) mass is 361 g/mol. The van der Waals surface area contributed by atoms with Crippen LogP contribution in [0, 0.1) is 0 Å². The third-order valence-electron chi connectivity index (χ3n) is 3.19. The fourth-order valence-electron chi connectivity index (χ4n) is 2.22. The highest BCUT2D eigenvalue weighted by molar-refractivity contribution is 9.10. The minimum Gasteiger partial charge on any atom is -0.322 e. The van der Waals surface area contributed by atoms with E-state index in [0.717, 1.165) is 22.3 Å². The number of halogens is 4. The van der Waals surface area contributed by atoms with Gasteiger partial charge in [0.25, 0.3) is 0 Å². The van der Waals surface area contributed by atoms with Gasteiger partial charge in [-0.25, -0.2) is 0 Å². The van der Waals surface area contributed by atoms with E-state index in [1.165, 1.54) is 6.07 Å². The first-order valence-electron chi connectivity index (χ1n) is 6.45. The zero-order chi connectivity index (χ0) is 15.6. The minimum atomic E-state index is -4.34. The average molecular weight is 362 g/mol. The van der Waals surface area contributed by atoms with Crippen molar-refractivity contribution >= 4 is 15.9 Å². The molecule has 0 bridgehead atoms. The smallest absolute Gasteiger partial charge is 0.322 e. The van der Waals surface area contributed by atoms with Crippen LogP contribution in [-0.2, 0) is 19.1 Å². The maximum Gasteiger partial charge on any atom is 0.416 e. The molecule has 1 aromatic carbocycles. The molecule has 0 aliphatic heterocycles. The molecule has 0 radical (unpaired) electrons. The molecule has 0 aliphatic rings.